The fourth-order valence-electron chi connectivity index (χ4n) is 3.92. The summed E-state index contributed by atoms with van der Waals surface area (Å²) in [6.45, 7) is 2.07. The lowest BCUT2D eigenvalue weighted by Crippen LogP contribution is -2.19. The molecule has 0 bridgehead atoms. The molecule has 0 aliphatic rings. The number of hydrogen-bond acceptors (Lipinski definition) is 4. The van der Waals surface area contributed by atoms with Crippen LogP contribution in [0.5, 0.6) is 0 Å². The molecule has 0 aliphatic carbocycles. The van der Waals surface area contributed by atoms with Crippen molar-refractivity contribution in [2.75, 3.05) is 5.32 Å². The highest BCUT2D eigenvalue weighted by Gasteiger charge is 2.14. The van der Waals surface area contributed by atoms with E-state index in [4.69, 9.17) is 17.2 Å². The van der Waals surface area contributed by atoms with Crippen LogP contribution >= 0.6 is 12.2 Å². The van der Waals surface area contributed by atoms with E-state index in [0.717, 1.165) is 33.5 Å². The van der Waals surface area contributed by atoms with E-state index in [1.807, 2.05) is 86.8 Å². The number of carbonyl (C=O) groups is 1. The van der Waals surface area contributed by atoms with Gasteiger partial charge in [-0.15, -0.1) is 0 Å². The molecule has 5 aromatic rings. The summed E-state index contributed by atoms with van der Waals surface area (Å²) in [5, 5.41) is 10.1. The molecule has 2 N–H and O–H groups in total. The molecule has 1 amide bonds. The van der Waals surface area contributed by atoms with E-state index in [1.165, 1.54) is 0 Å². The Morgan fingerprint density at radius 1 is 1.00 bits per heavy atom. The van der Waals surface area contributed by atoms with Gasteiger partial charge in [-0.05, 0) is 61.6 Å². The Hall–Kier alpha value is -4.04. The number of hydrogen-bond donors (Lipinski definition) is 2. The minimum atomic E-state index is -0.183. The molecule has 0 spiro atoms. The number of nitrogens with one attached hydrogen (secondary N) is 2. The number of rotatable bonds is 5. The third-order valence-corrected chi connectivity index (χ3v) is 5.86. The van der Waals surface area contributed by atoms with Crippen molar-refractivity contribution in [3.63, 3.8) is 0 Å². The summed E-state index contributed by atoms with van der Waals surface area (Å²) < 4.78 is 4.17. The first kappa shape index (κ1) is 20.8. The Kier molecular flexibility index (Phi) is 5.35. The predicted molar refractivity (Wildman–Crippen MR) is 132 cm³/mol. The zero-order valence-corrected chi connectivity index (χ0v) is 19.1. The van der Waals surface area contributed by atoms with Crippen molar-refractivity contribution < 1.29 is 4.79 Å². The van der Waals surface area contributed by atoms with Gasteiger partial charge in [0.05, 0.1) is 11.0 Å². The van der Waals surface area contributed by atoms with Gasteiger partial charge in [0.25, 0.3) is 0 Å². The van der Waals surface area contributed by atoms with E-state index in [9.17, 15) is 4.79 Å². The number of aromatic nitrogens is 5. The number of H-pyrrole nitrogens is 1. The lowest BCUT2D eigenvalue weighted by Gasteiger charge is -2.09. The minimum absolute atomic E-state index is 0.0606. The Labute approximate surface area is 195 Å². The molecule has 8 heteroatoms. The van der Waals surface area contributed by atoms with Crippen LogP contribution in [0.2, 0.25) is 0 Å². The zero-order chi connectivity index (χ0) is 22.9. The highest BCUT2D eigenvalue weighted by atomic mass is 32.1. The van der Waals surface area contributed by atoms with Crippen LogP contribution in [0.1, 0.15) is 5.56 Å². The molecule has 3 aromatic carbocycles. The second-order valence-electron chi connectivity index (χ2n) is 7.92. The molecule has 0 saturated heterocycles. The van der Waals surface area contributed by atoms with E-state index >= 15 is 0 Å². The number of benzene rings is 3. The first-order chi connectivity index (χ1) is 16.0. The molecule has 2 aromatic heterocycles. The van der Waals surface area contributed by atoms with Crippen LogP contribution in [0.4, 0.5) is 5.69 Å². The minimum Gasteiger partial charge on any atom is -0.327 e. The van der Waals surface area contributed by atoms with Gasteiger partial charge in [0.2, 0.25) is 5.91 Å². The molecule has 33 heavy (non-hydrogen) atoms. The first-order valence-corrected chi connectivity index (χ1v) is 10.9. The third kappa shape index (κ3) is 4.08. The fraction of sp³-hybridized carbons (Fsp3) is 0.120. The molecule has 0 fully saturated rings. The standard InChI is InChI=1S/C25H22N6OS/c1-16-6-5-7-18(14-16)24-28-29-25(33)31(24)15-22(32)26-19-12-10-17(11-13-19)23-27-20-8-3-4-9-21(20)30(23)2/h3-14H,15H2,1-2H3,(H,26,32)(H,29,33). The first-order valence-electron chi connectivity index (χ1n) is 10.5. The van der Waals surface area contributed by atoms with Gasteiger partial charge in [-0.1, -0.05) is 35.9 Å². The van der Waals surface area contributed by atoms with Gasteiger partial charge in [-0.25, -0.2) is 4.98 Å². The molecular weight excluding hydrogens is 432 g/mol. The highest BCUT2D eigenvalue weighted by molar-refractivity contribution is 7.71. The summed E-state index contributed by atoms with van der Waals surface area (Å²) in [5.74, 6) is 1.33. The molecule has 0 atom stereocenters. The summed E-state index contributed by atoms with van der Waals surface area (Å²) in [4.78, 5) is 17.5. The van der Waals surface area contributed by atoms with Crippen LogP contribution in [0, 0.1) is 11.7 Å². The average Bonchev–Trinajstić information content (AvgIpc) is 3.34. The molecule has 7 nitrogen and oxygen atoms in total. The van der Waals surface area contributed by atoms with Crippen molar-refractivity contribution in [1.82, 2.24) is 24.3 Å². The Morgan fingerprint density at radius 3 is 2.55 bits per heavy atom. The number of aryl methyl sites for hydroxylation is 2. The van der Waals surface area contributed by atoms with Crippen LogP contribution in [-0.2, 0) is 18.4 Å². The van der Waals surface area contributed by atoms with Gasteiger partial charge >= 0.3 is 0 Å². The maximum atomic E-state index is 12.8. The van der Waals surface area contributed by atoms with Crippen LogP contribution in [0.25, 0.3) is 33.8 Å². The number of amides is 1. The third-order valence-electron chi connectivity index (χ3n) is 5.55. The van der Waals surface area contributed by atoms with E-state index in [2.05, 4.69) is 20.1 Å². The summed E-state index contributed by atoms with van der Waals surface area (Å²) >= 11 is 5.36. The molecule has 0 radical (unpaired) electrons. The predicted octanol–water partition coefficient (Wildman–Crippen LogP) is 5.11. The highest BCUT2D eigenvalue weighted by Crippen LogP contribution is 2.25. The maximum Gasteiger partial charge on any atom is 0.244 e. The fourth-order valence-corrected chi connectivity index (χ4v) is 4.12. The van der Waals surface area contributed by atoms with Crippen molar-refractivity contribution in [2.45, 2.75) is 13.5 Å². The van der Waals surface area contributed by atoms with Crippen LogP contribution in [-0.4, -0.2) is 30.2 Å². The quantitative estimate of drug-likeness (QED) is 0.362. The molecular formula is C25H22N6OS. The Morgan fingerprint density at radius 2 is 1.79 bits per heavy atom. The number of imidazole rings is 1. The van der Waals surface area contributed by atoms with E-state index in [-0.39, 0.29) is 12.5 Å². The van der Waals surface area contributed by atoms with E-state index in [1.54, 1.807) is 4.57 Å². The number of carbonyl (C=O) groups excluding carboxylic acids is 1. The summed E-state index contributed by atoms with van der Waals surface area (Å²) in [6.07, 6.45) is 0. The van der Waals surface area contributed by atoms with Gasteiger partial charge in [0.15, 0.2) is 10.6 Å². The Bertz CT molecular complexity index is 1530. The normalized spacial score (nSPS) is 11.1. The van der Waals surface area contributed by atoms with E-state index < -0.39 is 0 Å². The largest absolute Gasteiger partial charge is 0.327 e. The number of nitrogens with zero attached hydrogens (tertiary/aromatic N) is 4. The van der Waals surface area contributed by atoms with Crippen molar-refractivity contribution in [3.05, 3.63) is 83.1 Å². The second-order valence-corrected chi connectivity index (χ2v) is 8.30. The number of fused-ring (bicyclic) bond motifs is 1. The van der Waals surface area contributed by atoms with Gasteiger partial charge in [0.1, 0.15) is 12.4 Å². The number of aromatic amines is 1. The topological polar surface area (TPSA) is 80.5 Å². The number of para-hydroxylation sites is 2. The molecule has 5 rings (SSSR count). The Balaban J connectivity index is 1.34. The lowest BCUT2D eigenvalue weighted by atomic mass is 10.1. The maximum absolute atomic E-state index is 12.8. The van der Waals surface area contributed by atoms with Crippen LogP contribution in [0.15, 0.2) is 72.8 Å². The molecule has 0 aliphatic heterocycles. The van der Waals surface area contributed by atoms with Gasteiger partial charge in [-0.3, -0.25) is 14.5 Å². The number of anilines is 1. The van der Waals surface area contributed by atoms with Crippen LogP contribution < -0.4 is 5.32 Å². The van der Waals surface area contributed by atoms with E-state index in [0.29, 0.717) is 16.3 Å². The SMILES string of the molecule is Cc1cccc(-c2n[nH]c(=S)n2CC(=O)Nc2ccc(-c3nc4ccccc4n3C)cc2)c1. The van der Waals surface area contributed by atoms with Gasteiger partial charge < -0.3 is 9.88 Å². The summed E-state index contributed by atoms with van der Waals surface area (Å²) in [6, 6.07) is 23.6. The summed E-state index contributed by atoms with van der Waals surface area (Å²) in [7, 11) is 2.00. The molecule has 0 unspecified atom stereocenters. The van der Waals surface area contributed by atoms with Crippen LogP contribution in [0.3, 0.4) is 0 Å². The molecule has 2 heterocycles. The average molecular weight is 455 g/mol. The lowest BCUT2D eigenvalue weighted by molar-refractivity contribution is -0.116. The van der Waals surface area contributed by atoms with Crippen molar-refractivity contribution in [1.29, 1.82) is 0 Å². The molecule has 0 saturated carbocycles. The van der Waals surface area contributed by atoms with Crippen molar-refractivity contribution in [3.8, 4) is 22.8 Å². The smallest absolute Gasteiger partial charge is 0.244 e. The van der Waals surface area contributed by atoms with Gasteiger partial charge in [0, 0.05) is 23.9 Å². The summed E-state index contributed by atoms with van der Waals surface area (Å²) in [5.41, 5.74) is 5.72. The van der Waals surface area contributed by atoms with Crippen molar-refractivity contribution >= 4 is 34.8 Å². The molecule has 164 valence electrons. The zero-order valence-electron chi connectivity index (χ0n) is 18.2. The van der Waals surface area contributed by atoms with Gasteiger partial charge in [-0.2, -0.15) is 5.10 Å². The monoisotopic (exact) mass is 454 g/mol. The van der Waals surface area contributed by atoms with Crippen molar-refractivity contribution in [2.24, 2.45) is 7.05 Å². The second kappa shape index (κ2) is 8.48.